The number of aliphatic hydroxyl groups is 1. The second-order valence-electron chi connectivity index (χ2n) is 11.4. The maximum atomic E-state index is 13.8. The number of nitrogens with one attached hydrogen (secondary N) is 3. The van der Waals surface area contributed by atoms with Crippen LogP contribution in [0.15, 0.2) is 54.6 Å². The third kappa shape index (κ3) is 9.33. The summed E-state index contributed by atoms with van der Waals surface area (Å²) in [6.45, 7) is 5.56. The third-order valence-corrected chi connectivity index (χ3v) is 7.80. The number of ketones is 1. The molecular formula is C32H42N4O8. The number of hydrogen-bond acceptors (Lipinski definition) is 9. The molecule has 0 aliphatic carbocycles. The average molecular weight is 611 g/mol. The number of morpholine rings is 1. The Labute approximate surface area is 257 Å². The van der Waals surface area contributed by atoms with Crippen LogP contribution in [0.25, 0.3) is 0 Å². The summed E-state index contributed by atoms with van der Waals surface area (Å²) in [6.07, 6.45) is -0.926. The fraction of sp³-hybridized carbons (Fsp3) is 0.500. The van der Waals surface area contributed by atoms with E-state index in [9.17, 15) is 24.3 Å². The largest absolute Gasteiger partial charge is 0.497 e. The van der Waals surface area contributed by atoms with Crippen molar-refractivity contribution in [2.45, 2.75) is 56.5 Å². The van der Waals surface area contributed by atoms with Crippen LogP contribution in [0.3, 0.4) is 0 Å². The Morgan fingerprint density at radius 2 is 1.50 bits per heavy atom. The molecule has 4 rings (SSSR count). The van der Waals surface area contributed by atoms with E-state index in [1.807, 2.05) is 35.2 Å². The van der Waals surface area contributed by atoms with Gasteiger partial charge in [-0.3, -0.25) is 24.1 Å². The first-order valence-corrected chi connectivity index (χ1v) is 14.8. The molecule has 2 fully saturated rings. The number of Topliss-reactive ketones (excluding diaryl/α,β-unsaturated/α-hetero) is 1. The normalized spacial score (nSPS) is 20.8. The third-order valence-electron chi connectivity index (χ3n) is 7.80. The van der Waals surface area contributed by atoms with Gasteiger partial charge in [0.1, 0.15) is 23.4 Å². The number of benzene rings is 2. The number of rotatable bonds is 15. The van der Waals surface area contributed by atoms with Gasteiger partial charge in [0.15, 0.2) is 5.78 Å². The Balaban J connectivity index is 1.51. The van der Waals surface area contributed by atoms with Gasteiger partial charge in [-0.2, -0.15) is 0 Å². The van der Waals surface area contributed by atoms with E-state index in [0.717, 1.165) is 11.1 Å². The van der Waals surface area contributed by atoms with Crippen LogP contribution in [0.2, 0.25) is 0 Å². The first-order chi connectivity index (χ1) is 21.1. The van der Waals surface area contributed by atoms with Crippen LogP contribution in [0.4, 0.5) is 0 Å². The van der Waals surface area contributed by atoms with Gasteiger partial charge in [0.2, 0.25) is 17.7 Å². The highest BCUT2D eigenvalue weighted by Gasteiger charge is 2.50. The van der Waals surface area contributed by atoms with Crippen LogP contribution >= 0.6 is 0 Å². The van der Waals surface area contributed by atoms with Crippen molar-refractivity contribution in [3.8, 4) is 5.75 Å². The number of carbonyl (C=O) groups is 4. The van der Waals surface area contributed by atoms with Crippen LogP contribution in [0, 0.1) is 0 Å². The fourth-order valence-corrected chi connectivity index (χ4v) is 5.01. The maximum Gasteiger partial charge on any atom is 0.245 e. The molecule has 2 aromatic rings. The number of ether oxygens (including phenoxy) is 3. The lowest BCUT2D eigenvalue weighted by Crippen LogP contribution is -2.60. The molecule has 44 heavy (non-hydrogen) atoms. The summed E-state index contributed by atoms with van der Waals surface area (Å²) in [5, 5.41) is 18.6. The number of hydrogen-bond donors (Lipinski definition) is 4. The molecule has 12 heteroatoms. The summed E-state index contributed by atoms with van der Waals surface area (Å²) in [6, 6.07) is 13.0. The van der Waals surface area contributed by atoms with Gasteiger partial charge < -0.3 is 35.3 Å². The van der Waals surface area contributed by atoms with E-state index in [0.29, 0.717) is 32.1 Å². The quantitative estimate of drug-likeness (QED) is 0.204. The zero-order valence-corrected chi connectivity index (χ0v) is 25.4. The molecular weight excluding hydrogens is 568 g/mol. The molecule has 0 spiro atoms. The van der Waals surface area contributed by atoms with Crippen LogP contribution < -0.4 is 20.7 Å². The number of carbonyl (C=O) groups excluding carboxylic acids is 4. The average Bonchev–Trinajstić information content (AvgIpc) is 3.78. The van der Waals surface area contributed by atoms with Crippen molar-refractivity contribution in [3.05, 3.63) is 65.7 Å². The molecule has 2 heterocycles. The number of amides is 3. The number of methoxy groups -OCH3 is 1. The number of nitrogens with zero attached hydrogens (tertiary/aromatic N) is 1. The molecule has 0 bridgehead atoms. The molecule has 12 nitrogen and oxygen atoms in total. The van der Waals surface area contributed by atoms with Gasteiger partial charge >= 0.3 is 0 Å². The second-order valence-corrected chi connectivity index (χ2v) is 11.4. The summed E-state index contributed by atoms with van der Waals surface area (Å²) in [5.41, 5.74) is 0.590. The van der Waals surface area contributed by atoms with Crippen molar-refractivity contribution in [1.82, 2.24) is 20.9 Å². The van der Waals surface area contributed by atoms with E-state index in [4.69, 9.17) is 14.2 Å². The van der Waals surface area contributed by atoms with Gasteiger partial charge in [0, 0.05) is 19.5 Å². The Bertz CT molecular complexity index is 1280. The maximum absolute atomic E-state index is 13.8. The van der Waals surface area contributed by atoms with Crippen molar-refractivity contribution in [2.24, 2.45) is 0 Å². The highest BCUT2D eigenvalue weighted by atomic mass is 16.6. The van der Waals surface area contributed by atoms with Gasteiger partial charge in [-0.15, -0.1) is 0 Å². The molecule has 238 valence electrons. The summed E-state index contributed by atoms with van der Waals surface area (Å²) < 4.78 is 15.9. The number of aliphatic hydroxyl groups excluding tert-OH is 1. The summed E-state index contributed by atoms with van der Waals surface area (Å²) >= 11 is 0. The predicted molar refractivity (Wildman–Crippen MR) is 161 cm³/mol. The molecule has 4 N–H and O–H groups in total. The highest BCUT2D eigenvalue weighted by Crippen LogP contribution is 2.29. The summed E-state index contributed by atoms with van der Waals surface area (Å²) in [4.78, 5) is 55.4. The molecule has 0 unspecified atom stereocenters. The number of epoxide rings is 1. The first kappa shape index (κ1) is 33.1. The molecule has 2 aliphatic heterocycles. The predicted octanol–water partition coefficient (Wildman–Crippen LogP) is 0.00580. The molecule has 2 aliphatic rings. The highest BCUT2D eigenvalue weighted by molar-refractivity contribution is 5.98. The van der Waals surface area contributed by atoms with Crippen molar-refractivity contribution >= 4 is 23.5 Å². The molecule has 3 amide bonds. The van der Waals surface area contributed by atoms with Crippen LogP contribution in [-0.2, 0) is 41.5 Å². The zero-order valence-electron chi connectivity index (χ0n) is 25.4. The monoisotopic (exact) mass is 610 g/mol. The minimum Gasteiger partial charge on any atom is -0.497 e. The van der Waals surface area contributed by atoms with E-state index in [1.54, 1.807) is 38.3 Å². The SMILES string of the molecule is COc1ccc(C[C@H](NC(=O)[C@@H](NC(=O)CN2CCOCC2)[C@@H](C)O)C(=O)N[C@@H](Cc2ccccc2)C(=O)[C@@]2(C)CO2)cc1. The Hall–Kier alpha value is -3.84. The van der Waals surface area contributed by atoms with E-state index < -0.39 is 47.6 Å². The van der Waals surface area contributed by atoms with E-state index in [1.165, 1.54) is 6.92 Å². The molecule has 0 radical (unpaired) electrons. The minimum atomic E-state index is -1.31. The summed E-state index contributed by atoms with van der Waals surface area (Å²) in [7, 11) is 1.54. The van der Waals surface area contributed by atoms with Crippen molar-refractivity contribution in [2.75, 3.05) is 46.6 Å². The van der Waals surface area contributed by atoms with E-state index in [-0.39, 0.29) is 31.8 Å². The van der Waals surface area contributed by atoms with Crippen molar-refractivity contribution in [3.63, 3.8) is 0 Å². The van der Waals surface area contributed by atoms with Crippen LogP contribution in [0.5, 0.6) is 5.75 Å². The van der Waals surface area contributed by atoms with E-state index >= 15 is 0 Å². The standard InChI is InChI=1S/C32H42N4O8/c1-21(37)28(35-27(38)19-36-13-15-43-16-14-36)31(41)34-26(18-23-9-11-24(42-3)12-10-23)30(40)33-25(29(39)32(2)20-44-32)17-22-7-5-4-6-8-22/h4-12,21,25-26,28,37H,13-20H2,1-3H3,(H,33,40)(H,34,41)(H,35,38)/t21-,25+,26+,28+,32-/m1/s1. The molecule has 2 aromatic carbocycles. The van der Waals surface area contributed by atoms with Crippen molar-refractivity contribution < 1.29 is 38.5 Å². The van der Waals surface area contributed by atoms with E-state index in [2.05, 4.69) is 16.0 Å². The zero-order chi connectivity index (χ0) is 31.7. The second kappa shape index (κ2) is 15.2. The lowest BCUT2D eigenvalue weighted by molar-refractivity contribution is -0.136. The molecule has 5 atom stereocenters. The smallest absolute Gasteiger partial charge is 0.245 e. The lowest BCUT2D eigenvalue weighted by Gasteiger charge is -2.29. The first-order valence-electron chi connectivity index (χ1n) is 14.8. The Morgan fingerprint density at radius 1 is 0.909 bits per heavy atom. The summed E-state index contributed by atoms with van der Waals surface area (Å²) in [5.74, 6) is -1.39. The Morgan fingerprint density at radius 3 is 2.09 bits per heavy atom. The van der Waals surface area contributed by atoms with Gasteiger partial charge in [-0.25, -0.2) is 0 Å². The van der Waals surface area contributed by atoms with Gasteiger partial charge in [0.05, 0.1) is 45.6 Å². The topological polar surface area (TPSA) is 159 Å². The van der Waals surface area contributed by atoms with Crippen LogP contribution in [0.1, 0.15) is 25.0 Å². The fourth-order valence-electron chi connectivity index (χ4n) is 5.01. The molecule has 2 saturated heterocycles. The van der Waals surface area contributed by atoms with Crippen LogP contribution in [-0.4, -0.2) is 110 Å². The Kier molecular flexibility index (Phi) is 11.5. The molecule has 0 saturated carbocycles. The van der Waals surface area contributed by atoms with Gasteiger partial charge in [0.25, 0.3) is 0 Å². The van der Waals surface area contributed by atoms with Gasteiger partial charge in [-0.1, -0.05) is 42.5 Å². The molecule has 0 aromatic heterocycles. The van der Waals surface area contributed by atoms with Crippen molar-refractivity contribution in [1.29, 1.82) is 0 Å². The minimum absolute atomic E-state index is 0.0414. The lowest BCUT2D eigenvalue weighted by atomic mass is 9.94. The van der Waals surface area contributed by atoms with Gasteiger partial charge in [-0.05, 0) is 43.5 Å².